The first-order valence-corrected chi connectivity index (χ1v) is 10.0. The van der Waals surface area contributed by atoms with E-state index >= 15 is 0 Å². The van der Waals surface area contributed by atoms with E-state index in [1.807, 2.05) is 14.1 Å². The van der Waals surface area contributed by atoms with E-state index in [1.54, 1.807) is 0 Å². The number of hydrogen-bond donors (Lipinski definition) is 1. The first kappa shape index (κ1) is 23.4. The molecule has 0 unspecified atom stereocenters. The quantitative estimate of drug-likeness (QED) is 0.436. The average molecular weight is 449 g/mol. The monoisotopic (exact) mass is 449 g/mol. The highest BCUT2D eigenvalue weighted by molar-refractivity contribution is 5.68. The maximum atomic E-state index is 13.6. The molecule has 0 amide bonds. The fourth-order valence-electron chi connectivity index (χ4n) is 2.96. The van der Waals surface area contributed by atoms with Crippen LogP contribution in [0.1, 0.15) is 12.0 Å². The third kappa shape index (κ3) is 5.51. The maximum Gasteiger partial charge on any atom is 0.336 e. The first-order chi connectivity index (χ1) is 15.3. The van der Waals surface area contributed by atoms with Crippen LogP contribution in [0.15, 0.2) is 27.8 Å². The molecule has 3 aromatic rings. The second kappa shape index (κ2) is 10.4. The van der Waals surface area contributed by atoms with Crippen molar-refractivity contribution in [2.24, 2.45) is 7.05 Å². The smallest absolute Gasteiger partial charge is 0.336 e. The number of nitrogens with one attached hydrogen (secondary N) is 1. The van der Waals surface area contributed by atoms with E-state index in [1.165, 1.54) is 13.1 Å². The summed E-state index contributed by atoms with van der Waals surface area (Å²) < 4.78 is 34.3. The molecule has 10 nitrogen and oxygen atoms in total. The highest BCUT2D eigenvalue weighted by atomic mass is 19.2. The minimum absolute atomic E-state index is 0.0689. The van der Waals surface area contributed by atoms with Crippen molar-refractivity contribution in [3.05, 3.63) is 56.2 Å². The number of benzene rings is 1. The van der Waals surface area contributed by atoms with Crippen molar-refractivity contribution in [2.75, 3.05) is 40.3 Å². The largest absolute Gasteiger partial charge is 0.462 e. The third-order valence-electron chi connectivity index (χ3n) is 4.72. The molecule has 2 heterocycles. The van der Waals surface area contributed by atoms with Crippen LogP contribution in [-0.2, 0) is 13.6 Å². The molecule has 0 saturated carbocycles. The van der Waals surface area contributed by atoms with Gasteiger partial charge in [0.1, 0.15) is 0 Å². The molecule has 172 valence electrons. The minimum atomic E-state index is -1.04. The van der Waals surface area contributed by atoms with Gasteiger partial charge in [0.2, 0.25) is 0 Å². The second-order valence-corrected chi connectivity index (χ2v) is 7.50. The van der Waals surface area contributed by atoms with Crippen molar-refractivity contribution >= 4 is 11.2 Å². The lowest BCUT2D eigenvalue weighted by Crippen LogP contribution is -2.39. The second-order valence-electron chi connectivity index (χ2n) is 7.50. The van der Waals surface area contributed by atoms with Crippen LogP contribution in [0.3, 0.4) is 0 Å². The predicted molar refractivity (Wildman–Crippen MR) is 114 cm³/mol. The molecule has 2 aromatic heterocycles. The molecule has 0 radical (unpaired) electrons. The van der Waals surface area contributed by atoms with Gasteiger partial charge in [-0.2, -0.15) is 4.98 Å². The Bertz CT molecular complexity index is 1210. The van der Waals surface area contributed by atoms with Crippen LogP contribution >= 0.6 is 0 Å². The first-order valence-electron chi connectivity index (χ1n) is 10.0. The van der Waals surface area contributed by atoms with Crippen LogP contribution < -0.4 is 21.3 Å². The van der Waals surface area contributed by atoms with E-state index in [9.17, 15) is 18.4 Å². The van der Waals surface area contributed by atoms with Crippen molar-refractivity contribution in [1.82, 2.24) is 34.5 Å². The van der Waals surface area contributed by atoms with Crippen molar-refractivity contribution in [1.29, 1.82) is 0 Å². The topological polar surface area (TPSA) is 107 Å². The van der Waals surface area contributed by atoms with Gasteiger partial charge in [0, 0.05) is 20.1 Å². The van der Waals surface area contributed by atoms with E-state index in [-0.39, 0.29) is 23.7 Å². The summed E-state index contributed by atoms with van der Waals surface area (Å²) in [4.78, 5) is 31.3. The minimum Gasteiger partial charge on any atom is -0.462 e. The fraction of sp³-hybridized carbons (Fsp3) is 0.450. The van der Waals surface area contributed by atoms with Crippen molar-refractivity contribution < 1.29 is 13.5 Å². The molecule has 0 aliphatic rings. The van der Waals surface area contributed by atoms with Crippen molar-refractivity contribution in [3.63, 3.8) is 0 Å². The zero-order chi connectivity index (χ0) is 23.3. The van der Waals surface area contributed by atoms with Gasteiger partial charge in [-0.05, 0) is 44.8 Å². The van der Waals surface area contributed by atoms with Gasteiger partial charge in [-0.15, -0.1) is 5.10 Å². The van der Waals surface area contributed by atoms with Gasteiger partial charge in [0.05, 0.1) is 13.2 Å². The molecular formula is C20H25F2N7O3. The molecule has 12 heteroatoms. The van der Waals surface area contributed by atoms with E-state index in [2.05, 4.69) is 25.4 Å². The van der Waals surface area contributed by atoms with Gasteiger partial charge in [0.25, 0.3) is 5.56 Å². The third-order valence-corrected chi connectivity index (χ3v) is 4.72. The Balaban J connectivity index is 1.78. The summed E-state index contributed by atoms with van der Waals surface area (Å²) in [5.74, 6) is -2.04. The highest BCUT2D eigenvalue weighted by Crippen LogP contribution is 2.12. The average Bonchev–Trinajstić information content (AvgIpc) is 2.76. The number of likely N-dealkylation sites (N-methyl/N-ethyl adjacent to an activating group) is 1. The summed E-state index contributed by atoms with van der Waals surface area (Å²) >= 11 is 0. The van der Waals surface area contributed by atoms with Crippen LogP contribution in [-0.4, -0.2) is 69.6 Å². The molecule has 3 rings (SSSR count). The van der Waals surface area contributed by atoms with Gasteiger partial charge < -0.3 is 15.0 Å². The number of aromatic nitrogens is 5. The van der Waals surface area contributed by atoms with Gasteiger partial charge in [-0.1, -0.05) is 11.2 Å². The molecule has 1 aromatic carbocycles. The highest BCUT2D eigenvalue weighted by Gasteiger charge is 2.16. The van der Waals surface area contributed by atoms with Gasteiger partial charge in [-0.3, -0.25) is 13.9 Å². The zero-order valence-corrected chi connectivity index (χ0v) is 18.1. The summed E-state index contributed by atoms with van der Waals surface area (Å²) in [5, 5.41) is 11.1. The Labute approximate surface area is 182 Å². The van der Waals surface area contributed by atoms with Crippen LogP contribution in [0.5, 0.6) is 6.01 Å². The molecule has 1 N–H and O–H groups in total. The van der Waals surface area contributed by atoms with Crippen molar-refractivity contribution in [2.45, 2.75) is 13.0 Å². The van der Waals surface area contributed by atoms with Gasteiger partial charge in [-0.25, -0.2) is 13.6 Å². The summed E-state index contributed by atoms with van der Waals surface area (Å²) in [6.07, 6.45) is 0.697. The molecule has 0 atom stereocenters. The molecular weight excluding hydrogens is 424 g/mol. The Morgan fingerprint density at radius 3 is 2.62 bits per heavy atom. The number of halogens is 2. The number of rotatable bonds is 10. The zero-order valence-electron chi connectivity index (χ0n) is 18.1. The Kier molecular flexibility index (Phi) is 7.59. The number of fused-ring (bicyclic) bond motifs is 1. The molecule has 0 aliphatic heterocycles. The number of hydrogen-bond acceptors (Lipinski definition) is 8. The summed E-state index contributed by atoms with van der Waals surface area (Å²) in [6, 6.07) is 3.20. The molecule has 0 bridgehead atoms. The fourth-order valence-corrected chi connectivity index (χ4v) is 2.96. The Morgan fingerprint density at radius 1 is 1.12 bits per heavy atom. The summed E-state index contributed by atoms with van der Waals surface area (Å²) in [5.41, 5.74) is -1.20. The summed E-state index contributed by atoms with van der Waals surface area (Å²) in [6.45, 7) is 2.69. The van der Waals surface area contributed by atoms with Gasteiger partial charge >= 0.3 is 11.7 Å². The maximum absolute atomic E-state index is 13.6. The molecule has 0 aliphatic carbocycles. The standard InChI is InChI=1S/C20H25F2N7O3/c1-27(2)9-8-23-7-4-10-32-19-24-16-17(25-26-19)29(20(31)28(3)18(16)30)12-13-5-6-14(21)15(22)11-13/h5-6,11,23H,4,7-10,12H2,1-3H3. The van der Waals surface area contributed by atoms with Crippen LogP contribution in [0.25, 0.3) is 11.2 Å². The van der Waals surface area contributed by atoms with Crippen LogP contribution in [0.4, 0.5) is 8.78 Å². The predicted octanol–water partition coefficient (Wildman–Crippen LogP) is 0.132. The van der Waals surface area contributed by atoms with E-state index in [0.29, 0.717) is 18.6 Å². The summed E-state index contributed by atoms with van der Waals surface area (Å²) in [7, 11) is 5.29. The lowest BCUT2D eigenvalue weighted by molar-refractivity contribution is 0.280. The normalized spacial score (nSPS) is 11.4. The van der Waals surface area contributed by atoms with E-state index < -0.39 is 22.9 Å². The molecule has 0 saturated heterocycles. The molecule has 0 fully saturated rings. The lowest BCUT2D eigenvalue weighted by atomic mass is 10.2. The van der Waals surface area contributed by atoms with Crippen molar-refractivity contribution in [3.8, 4) is 6.01 Å². The van der Waals surface area contributed by atoms with Gasteiger partial charge in [0.15, 0.2) is 22.8 Å². The lowest BCUT2D eigenvalue weighted by Gasteiger charge is -2.12. The number of ether oxygens (including phenoxy) is 1. The van der Waals surface area contributed by atoms with E-state index in [4.69, 9.17) is 4.74 Å². The Morgan fingerprint density at radius 2 is 1.91 bits per heavy atom. The number of nitrogens with zero attached hydrogens (tertiary/aromatic N) is 6. The van der Waals surface area contributed by atoms with Crippen LogP contribution in [0, 0.1) is 11.6 Å². The molecule has 32 heavy (non-hydrogen) atoms. The Hall–Kier alpha value is -3.25. The van der Waals surface area contributed by atoms with E-state index in [0.717, 1.165) is 40.9 Å². The molecule has 0 spiro atoms. The van der Waals surface area contributed by atoms with Crippen LogP contribution in [0.2, 0.25) is 0 Å². The SMILES string of the molecule is CN(C)CCNCCCOc1nnc2c(n1)c(=O)n(C)c(=O)n2Cc1ccc(F)c(F)c1.